The molecule has 1 aliphatic rings. The van der Waals surface area contributed by atoms with Gasteiger partial charge in [0.1, 0.15) is 11.0 Å². The van der Waals surface area contributed by atoms with E-state index in [1.165, 1.54) is 24.2 Å². The molecule has 0 unspecified atom stereocenters. The average molecular weight is 562 g/mol. The van der Waals surface area contributed by atoms with Crippen LogP contribution in [0.25, 0.3) is 37.4 Å². The van der Waals surface area contributed by atoms with E-state index in [1.807, 2.05) is 48.5 Å². The largest absolute Gasteiger partial charge is 0.490 e. The summed E-state index contributed by atoms with van der Waals surface area (Å²) in [6, 6.07) is 15.4. The number of aromatic nitrogens is 4. The maximum absolute atomic E-state index is 13.3. The fourth-order valence-electron chi connectivity index (χ4n) is 4.07. The van der Waals surface area contributed by atoms with E-state index in [9.17, 15) is 18.0 Å². The van der Waals surface area contributed by atoms with Gasteiger partial charge in [0, 0.05) is 23.0 Å². The van der Waals surface area contributed by atoms with Crippen LogP contribution in [0.2, 0.25) is 5.02 Å². The number of aromatic amines is 1. The number of carboxylic acids is 1. The van der Waals surface area contributed by atoms with Gasteiger partial charge in [0.05, 0.1) is 22.2 Å². The standard InChI is InChI=1S/C23H18ClN5OS.C2HF3O2/c24-15-5-3-14(4-6-15)20-12-19-21(31-20)22(30)29(13-25-19)16-7-8-17-18(11-16)27-23(26-17)28-9-1-2-10-28;3-2(4,5)1(6)7/h3-8,11-13H,1-2,9-10H2,(H,26,27);(H,6,7). The number of hydrogen-bond acceptors (Lipinski definition) is 6. The van der Waals surface area contributed by atoms with Crippen molar-refractivity contribution in [2.24, 2.45) is 0 Å². The fourth-order valence-corrected chi connectivity index (χ4v) is 5.24. The van der Waals surface area contributed by atoms with Crippen molar-refractivity contribution in [1.82, 2.24) is 19.5 Å². The van der Waals surface area contributed by atoms with Gasteiger partial charge in [-0.25, -0.2) is 14.8 Å². The van der Waals surface area contributed by atoms with Crippen molar-refractivity contribution < 1.29 is 23.1 Å². The summed E-state index contributed by atoms with van der Waals surface area (Å²) >= 11 is 7.45. The lowest BCUT2D eigenvalue weighted by Crippen LogP contribution is -2.21. The average Bonchev–Trinajstić information content (AvgIpc) is 3.63. The van der Waals surface area contributed by atoms with Crippen LogP contribution in [0.3, 0.4) is 0 Å². The summed E-state index contributed by atoms with van der Waals surface area (Å²) in [5.74, 6) is -1.86. The van der Waals surface area contributed by atoms with Crippen LogP contribution in [0.5, 0.6) is 0 Å². The van der Waals surface area contributed by atoms with Crippen LogP contribution in [0, 0.1) is 0 Å². The first-order valence-corrected chi connectivity index (χ1v) is 12.6. The topological polar surface area (TPSA) is 104 Å². The number of benzene rings is 2. The molecule has 0 atom stereocenters. The summed E-state index contributed by atoms with van der Waals surface area (Å²) in [6.45, 7) is 2.06. The molecule has 1 aliphatic heterocycles. The number of nitrogens with one attached hydrogen (secondary N) is 1. The van der Waals surface area contributed by atoms with Crippen molar-refractivity contribution in [2.75, 3.05) is 18.0 Å². The Morgan fingerprint density at radius 1 is 1.05 bits per heavy atom. The number of nitrogens with zero attached hydrogens (tertiary/aromatic N) is 4. The quantitative estimate of drug-likeness (QED) is 0.285. The molecule has 0 aliphatic carbocycles. The highest BCUT2D eigenvalue weighted by Gasteiger charge is 2.38. The highest BCUT2D eigenvalue weighted by Crippen LogP contribution is 2.32. The molecule has 196 valence electrons. The molecule has 0 amide bonds. The fraction of sp³-hybridized carbons (Fsp3) is 0.200. The summed E-state index contributed by atoms with van der Waals surface area (Å²) < 4.78 is 34.0. The normalized spacial score (nSPS) is 13.6. The van der Waals surface area contributed by atoms with Gasteiger partial charge in [-0.15, -0.1) is 11.3 Å². The summed E-state index contributed by atoms with van der Waals surface area (Å²) in [5, 5.41) is 7.81. The first kappa shape index (κ1) is 25.7. The van der Waals surface area contributed by atoms with Crippen LogP contribution in [0.15, 0.2) is 59.7 Å². The molecule has 2 aromatic carbocycles. The molecule has 0 spiro atoms. The number of aliphatic carboxylic acids is 1. The highest BCUT2D eigenvalue weighted by molar-refractivity contribution is 7.22. The molecular formula is C25H19ClF3N5O3S. The third kappa shape index (κ3) is 5.22. The van der Waals surface area contributed by atoms with Crippen LogP contribution >= 0.6 is 22.9 Å². The lowest BCUT2D eigenvalue weighted by molar-refractivity contribution is -0.192. The molecule has 13 heteroatoms. The summed E-state index contributed by atoms with van der Waals surface area (Å²) in [7, 11) is 0. The van der Waals surface area contributed by atoms with E-state index in [0.29, 0.717) is 15.2 Å². The maximum atomic E-state index is 13.3. The zero-order valence-electron chi connectivity index (χ0n) is 19.5. The number of rotatable bonds is 3. The first-order valence-electron chi connectivity index (χ1n) is 11.4. The summed E-state index contributed by atoms with van der Waals surface area (Å²) in [4.78, 5) is 38.1. The van der Waals surface area contributed by atoms with E-state index < -0.39 is 12.1 Å². The minimum atomic E-state index is -5.08. The lowest BCUT2D eigenvalue weighted by Gasteiger charge is -2.12. The Kier molecular flexibility index (Phi) is 6.84. The Labute approximate surface area is 221 Å². The van der Waals surface area contributed by atoms with Gasteiger partial charge in [-0.05, 0) is 54.8 Å². The molecular weight excluding hydrogens is 543 g/mol. The van der Waals surface area contributed by atoms with E-state index in [-0.39, 0.29) is 5.56 Å². The summed E-state index contributed by atoms with van der Waals surface area (Å²) in [6.07, 6.45) is -1.09. The number of thiophene rings is 1. The van der Waals surface area contributed by atoms with Crippen molar-refractivity contribution in [3.8, 4) is 16.1 Å². The van der Waals surface area contributed by atoms with Crippen molar-refractivity contribution in [2.45, 2.75) is 19.0 Å². The van der Waals surface area contributed by atoms with Gasteiger partial charge in [0.15, 0.2) is 0 Å². The number of carboxylic acid groups (broad SMARTS) is 1. The number of imidazole rings is 1. The zero-order valence-corrected chi connectivity index (χ0v) is 21.1. The third-order valence-electron chi connectivity index (χ3n) is 5.95. The van der Waals surface area contributed by atoms with Gasteiger partial charge >= 0.3 is 12.1 Å². The molecule has 0 saturated carbocycles. The molecule has 1 fully saturated rings. The van der Waals surface area contributed by atoms with Gasteiger partial charge in [0.2, 0.25) is 5.95 Å². The van der Waals surface area contributed by atoms with Gasteiger partial charge < -0.3 is 15.0 Å². The van der Waals surface area contributed by atoms with Crippen LogP contribution in [-0.4, -0.2) is 49.9 Å². The highest BCUT2D eigenvalue weighted by atomic mass is 35.5. The molecule has 2 N–H and O–H groups in total. The smallest absolute Gasteiger partial charge is 0.475 e. The van der Waals surface area contributed by atoms with E-state index >= 15 is 0 Å². The second-order valence-electron chi connectivity index (χ2n) is 8.51. The molecule has 3 aromatic heterocycles. The Hall–Kier alpha value is -3.90. The number of H-pyrrole nitrogens is 1. The number of alkyl halides is 3. The third-order valence-corrected chi connectivity index (χ3v) is 7.36. The molecule has 6 rings (SSSR count). The number of hydrogen-bond donors (Lipinski definition) is 2. The van der Waals surface area contributed by atoms with Crippen LogP contribution in [-0.2, 0) is 4.79 Å². The number of halogens is 4. The number of carbonyl (C=O) groups is 1. The Bertz CT molecular complexity index is 1690. The van der Waals surface area contributed by atoms with Crippen molar-refractivity contribution in [3.63, 3.8) is 0 Å². The minimum Gasteiger partial charge on any atom is -0.475 e. The minimum absolute atomic E-state index is 0.0751. The lowest BCUT2D eigenvalue weighted by atomic mass is 10.2. The number of fused-ring (bicyclic) bond motifs is 2. The Morgan fingerprint density at radius 2 is 1.74 bits per heavy atom. The second kappa shape index (κ2) is 10.1. The van der Waals surface area contributed by atoms with E-state index in [2.05, 4.69) is 14.9 Å². The van der Waals surface area contributed by atoms with Crippen molar-refractivity contribution in [3.05, 3.63) is 70.2 Å². The monoisotopic (exact) mass is 561 g/mol. The van der Waals surface area contributed by atoms with Gasteiger partial charge in [-0.1, -0.05) is 23.7 Å². The predicted molar refractivity (Wildman–Crippen MR) is 140 cm³/mol. The second-order valence-corrected chi connectivity index (χ2v) is 10.00. The molecule has 8 nitrogen and oxygen atoms in total. The molecule has 0 bridgehead atoms. The van der Waals surface area contributed by atoms with Gasteiger partial charge in [-0.2, -0.15) is 13.2 Å². The van der Waals surface area contributed by atoms with Crippen molar-refractivity contribution >= 4 is 56.1 Å². The number of anilines is 1. The van der Waals surface area contributed by atoms with E-state index in [0.717, 1.165) is 46.2 Å². The molecule has 0 radical (unpaired) electrons. The van der Waals surface area contributed by atoms with E-state index in [4.69, 9.17) is 26.5 Å². The SMILES string of the molecule is O=C(O)C(F)(F)F.O=c1c2sc(-c3ccc(Cl)cc3)cc2ncn1-c1ccc2nc(N3CCCC3)[nH]c2c1. The van der Waals surface area contributed by atoms with Crippen molar-refractivity contribution in [1.29, 1.82) is 0 Å². The Morgan fingerprint density at radius 3 is 2.39 bits per heavy atom. The van der Waals surface area contributed by atoms with Crippen LogP contribution < -0.4 is 10.5 Å². The molecule has 4 heterocycles. The first-order chi connectivity index (χ1) is 18.1. The van der Waals surface area contributed by atoms with Crippen LogP contribution in [0.4, 0.5) is 19.1 Å². The Balaban J connectivity index is 0.000000374. The molecule has 5 aromatic rings. The predicted octanol–water partition coefficient (Wildman–Crippen LogP) is 5.88. The zero-order chi connectivity index (χ0) is 27.0. The molecule has 1 saturated heterocycles. The van der Waals surface area contributed by atoms with Gasteiger partial charge in [0.25, 0.3) is 5.56 Å². The summed E-state index contributed by atoms with van der Waals surface area (Å²) in [5.41, 5.74) is 4.23. The van der Waals surface area contributed by atoms with E-state index in [1.54, 1.807) is 10.9 Å². The maximum Gasteiger partial charge on any atom is 0.490 e. The van der Waals surface area contributed by atoms with Gasteiger partial charge in [-0.3, -0.25) is 9.36 Å². The molecule has 38 heavy (non-hydrogen) atoms. The van der Waals surface area contributed by atoms with Crippen LogP contribution in [0.1, 0.15) is 12.8 Å².